The van der Waals surface area contributed by atoms with Crippen molar-refractivity contribution < 1.29 is 4.39 Å². The van der Waals surface area contributed by atoms with Gasteiger partial charge >= 0.3 is 0 Å². The SMILES string of the molecule is Fc1cc(C#CCCl)ccc1Cl. The zero-order chi connectivity index (χ0) is 8.97. The third-order valence-corrected chi connectivity index (χ3v) is 1.66. The van der Waals surface area contributed by atoms with E-state index in [0.717, 1.165) is 0 Å². The molecule has 0 radical (unpaired) electrons. The molecule has 62 valence electrons. The molecule has 0 aliphatic rings. The number of halogens is 3. The van der Waals surface area contributed by atoms with Crippen LogP contribution in [0.3, 0.4) is 0 Å². The topological polar surface area (TPSA) is 0 Å². The summed E-state index contributed by atoms with van der Waals surface area (Å²) < 4.78 is 12.8. The lowest BCUT2D eigenvalue weighted by Crippen LogP contribution is -1.79. The van der Waals surface area contributed by atoms with Gasteiger partial charge in [0.2, 0.25) is 0 Å². The maximum Gasteiger partial charge on any atom is 0.143 e. The second-order valence-corrected chi connectivity index (χ2v) is 2.74. The highest BCUT2D eigenvalue weighted by atomic mass is 35.5. The Morgan fingerprint density at radius 2 is 2.17 bits per heavy atom. The number of hydrogen-bond donors (Lipinski definition) is 0. The van der Waals surface area contributed by atoms with Gasteiger partial charge in [0, 0.05) is 5.56 Å². The summed E-state index contributed by atoms with van der Waals surface area (Å²) >= 11 is 10.8. The third kappa shape index (κ3) is 2.41. The molecule has 1 rings (SSSR count). The smallest absolute Gasteiger partial charge is 0.143 e. The van der Waals surface area contributed by atoms with Crippen LogP contribution in [0.15, 0.2) is 18.2 Å². The van der Waals surface area contributed by atoms with Crippen LogP contribution in [0.2, 0.25) is 5.02 Å². The first-order valence-electron chi connectivity index (χ1n) is 3.24. The van der Waals surface area contributed by atoms with Gasteiger partial charge in [-0.3, -0.25) is 0 Å². The molecule has 0 aromatic heterocycles. The van der Waals surface area contributed by atoms with Gasteiger partial charge in [0.1, 0.15) is 5.82 Å². The van der Waals surface area contributed by atoms with Gasteiger partial charge in [-0.25, -0.2) is 4.39 Å². The van der Waals surface area contributed by atoms with Gasteiger partial charge in [0.15, 0.2) is 0 Å². The lowest BCUT2D eigenvalue weighted by Gasteiger charge is -1.93. The summed E-state index contributed by atoms with van der Waals surface area (Å²) in [5.74, 6) is 5.08. The molecule has 0 amide bonds. The van der Waals surface area contributed by atoms with E-state index in [4.69, 9.17) is 23.2 Å². The van der Waals surface area contributed by atoms with Crippen LogP contribution in [-0.4, -0.2) is 5.88 Å². The van der Waals surface area contributed by atoms with Crippen molar-refractivity contribution in [1.82, 2.24) is 0 Å². The standard InChI is InChI=1S/C9H5Cl2F/c10-5-1-2-7-3-4-8(11)9(12)6-7/h3-4,6H,5H2. The van der Waals surface area contributed by atoms with E-state index >= 15 is 0 Å². The molecule has 0 aliphatic heterocycles. The molecule has 0 bridgehead atoms. The second kappa shape index (κ2) is 4.35. The fourth-order valence-electron chi connectivity index (χ4n) is 0.709. The van der Waals surface area contributed by atoms with Gasteiger partial charge in [0.05, 0.1) is 10.9 Å². The van der Waals surface area contributed by atoms with Crippen LogP contribution < -0.4 is 0 Å². The Balaban J connectivity index is 2.97. The Labute approximate surface area is 80.3 Å². The Bertz CT molecular complexity index is 336. The van der Waals surface area contributed by atoms with Gasteiger partial charge in [0.25, 0.3) is 0 Å². The highest BCUT2D eigenvalue weighted by Gasteiger charge is 1.97. The van der Waals surface area contributed by atoms with Crippen LogP contribution >= 0.6 is 23.2 Å². The average molecular weight is 203 g/mol. The fraction of sp³-hybridized carbons (Fsp3) is 0.111. The quantitative estimate of drug-likeness (QED) is 0.449. The summed E-state index contributed by atoms with van der Waals surface area (Å²) in [4.78, 5) is 0. The average Bonchev–Trinajstić information content (AvgIpc) is 2.07. The maximum atomic E-state index is 12.8. The van der Waals surface area contributed by atoms with E-state index in [1.165, 1.54) is 12.1 Å². The number of alkyl halides is 1. The summed E-state index contributed by atoms with van der Waals surface area (Å²) in [6.07, 6.45) is 0. The fourth-order valence-corrected chi connectivity index (χ4v) is 0.894. The van der Waals surface area contributed by atoms with Crippen molar-refractivity contribution in [2.24, 2.45) is 0 Å². The molecule has 0 heterocycles. The second-order valence-electron chi connectivity index (χ2n) is 2.06. The Kier molecular flexibility index (Phi) is 3.40. The molecule has 0 saturated carbocycles. The van der Waals surface area contributed by atoms with Crippen LogP contribution in [0.4, 0.5) is 4.39 Å². The molecule has 0 aliphatic carbocycles. The normalized spacial score (nSPS) is 8.92. The van der Waals surface area contributed by atoms with Crippen molar-refractivity contribution in [3.63, 3.8) is 0 Å². The summed E-state index contributed by atoms with van der Waals surface area (Å²) in [7, 11) is 0. The molecule has 0 saturated heterocycles. The van der Waals surface area contributed by atoms with Crippen molar-refractivity contribution in [2.75, 3.05) is 5.88 Å². The number of hydrogen-bond acceptors (Lipinski definition) is 0. The first-order chi connectivity index (χ1) is 5.74. The molecular formula is C9H5Cl2F. The van der Waals surface area contributed by atoms with Gasteiger partial charge in [-0.1, -0.05) is 23.4 Å². The summed E-state index contributed by atoms with van der Waals surface area (Å²) in [6.45, 7) is 0. The predicted molar refractivity (Wildman–Crippen MR) is 49.0 cm³/mol. The largest absolute Gasteiger partial charge is 0.205 e. The van der Waals surface area contributed by atoms with E-state index in [-0.39, 0.29) is 10.9 Å². The van der Waals surface area contributed by atoms with Crippen molar-refractivity contribution in [1.29, 1.82) is 0 Å². The van der Waals surface area contributed by atoms with Crippen molar-refractivity contribution in [3.05, 3.63) is 34.6 Å². The summed E-state index contributed by atoms with van der Waals surface area (Å²) in [6, 6.07) is 4.39. The van der Waals surface area contributed by atoms with Crippen LogP contribution in [0.5, 0.6) is 0 Å². The maximum absolute atomic E-state index is 12.8. The lowest BCUT2D eigenvalue weighted by molar-refractivity contribution is 0.628. The van der Waals surface area contributed by atoms with Crippen LogP contribution in [-0.2, 0) is 0 Å². The molecule has 12 heavy (non-hydrogen) atoms. The van der Waals surface area contributed by atoms with E-state index in [9.17, 15) is 4.39 Å². The van der Waals surface area contributed by atoms with E-state index < -0.39 is 5.82 Å². The molecule has 0 fully saturated rings. The van der Waals surface area contributed by atoms with Crippen LogP contribution in [0, 0.1) is 17.7 Å². The van der Waals surface area contributed by atoms with Crippen molar-refractivity contribution >= 4 is 23.2 Å². The minimum atomic E-state index is -0.460. The van der Waals surface area contributed by atoms with Crippen molar-refractivity contribution in [3.8, 4) is 11.8 Å². The third-order valence-electron chi connectivity index (χ3n) is 1.22. The Hall–Kier alpha value is -0.710. The van der Waals surface area contributed by atoms with E-state index in [1.54, 1.807) is 6.07 Å². The summed E-state index contributed by atoms with van der Waals surface area (Å²) in [5, 5.41) is 0.103. The first kappa shape index (κ1) is 9.38. The van der Waals surface area contributed by atoms with Crippen LogP contribution in [0.1, 0.15) is 5.56 Å². The van der Waals surface area contributed by atoms with Crippen LogP contribution in [0.25, 0.3) is 0 Å². The van der Waals surface area contributed by atoms with E-state index in [2.05, 4.69) is 11.8 Å². The molecule has 0 unspecified atom stereocenters. The molecule has 1 aromatic carbocycles. The Morgan fingerprint density at radius 3 is 2.75 bits per heavy atom. The lowest BCUT2D eigenvalue weighted by atomic mass is 10.2. The van der Waals surface area contributed by atoms with E-state index in [0.29, 0.717) is 5.56 Å². The minimum Gasteiger partial charge on any atom is -0.205 e. The highest BCUT2D eigenvalue weighted by Crippen LogP contribution is 2.14. The van der Waals surface area contributed by atoms with Gasteiger partial charge in [-0.05, 0) is 18.2 Å². The first-order valence-corrected chi connectivity index (χ1v) is 4.15. The number of rotatable bonds is 0. The van der Waals surface area contributed by atoms with Gasteiger partial charge in [-0.2, -0.15) is 0 Å². The molecule has 0 N–H and O–H groups in total. The minimum absolute atomic E-state index is 0.103. The van der Waals surface area contributed by atoms with Gasteiger partial charge in [-0.15, -0.1) is 11.6 Å². The predicted octanol–water partition coefficient (Wildman–Crippen LogP) is 3.07. The monoisotopic (exact) mass is 202 g/mol. The zero-order valence-corrected chi connectivity index (χ0v) is 7.58. The highest BCUT2D eigenvalue weighted by molar-refractivity contribution is 6.30. The molecule has 1 aromatic rings. The molecular weight excluding hydrogens is 198 g/mol. The van der Waals surface area contributed by atoms with Gasteiger partial charge < -0.3 is 0 Å². The molecule has 0 spiro atoms. The molecule has 3 heteroatoms. The van der Waals surface area contributed by atoms with E-state index in [1.807, 2.05) is 0 Å². The summed E-state index contributed by atoms with van der Waals surface area (Å²) in [5.41, 5.74) is 0.581. The van der Waals surface area contributed by atoms with Crippen molar-refractivity contribution in [2.45, 2.75) is 0 Å². The zero-order valence-electron chi connectivity index (χ0n) is 6.07. The molecule has 0 atom stereocenters. The Morgan fingerprint density at radius 1 is 1.42 bits per heavy atom. The number of benzene rings is 1. The molecule has 0 nitrogen and oxygen atoms in total.